The van der Waals surface area contributed by atoms with Crippen LogP contribution >= 0.6 is 24.0 Å². The van der Waals surface area contributed by atoms with Crippen molar-refractivity contribution in [1.82, 2.24) is 10.2 Å². The maximum absolute atomic E-state index is 12.7. The number of aryl methyl sites for hydroxylation is 1. The number of piperidine rings is 1. The zero-order valence-electron chi connectivity index (χ0n) is 16.2. The number of carbonyl (C=O) groups is 1. The SMILES string of the molecule is COCCCN1CC2C(CNC(=O)c3cc(Cl)c(N)c4cc(C)oc34)C2C1.Cl. The number of hydrogen-bond donors (Lipinski definition) is 2. The van der Waals surface area contributed by atoms with Crippen molar-refractivity contribution in [3.8, 4) is 0 Å². The van der Waals surface area contributed by atoms with E-state index in [1.165, 1.54) is 0 Å². The van der Waals surface area contributed by atoms with E-state index in [0.717, 1.165) is 32.7 Å². The molecule has 0 spiro atoms. The minimum Gasteiger partial charge on any atom is -0.460 e. The first-order chi connectivity index (χ1) is 13.0. The van der Waals surface area contributed by atoms with Gasteiger partial charge in [0.05, 0.1) is 16.3 Å². The maximum atomic E-state index is 12.7. The van der Waals surface area contributed by atoms with Crippen LogP contribution in [0.3, 0.4) is 0 Å². The van der Waals surface area contributed by atoms with Gasteiger partial charge in [-0.1, -0.05) is 11.6 Å². The fourth-order valence-electron chi connectivity index (χ4n) is 4.44. The van der Waals surface area contributed by atoms with Crippen LogP contribution in [0.25, 0.3) is 11.0 Å². The molecular formula is C20H27Cl2N3O3. The number of fused-ring (bicyclic) bond motifs is 2. The molecule has 8 heteroatoms. The quantitative estimate of drug-likeness (QED) is 0.522. The van der Waals surface area contributed by atoms with E-state index in [1.54, 1.807) is 13.2 Å². The molecule has 2 aromatic rings. The molecule has 1 aromatic heterocycles. The Hall–Kier alpha value is -1.47. The number of nitrogens with two attached hydrogens (primary N) is 1. The van der Waals surface area contributed by atoms with Crippen LogP contribution in [0.4, 0.5) is 5.69 Å². The van der Waals surface area contributed by atoms with Crippen LogP contribution in [0.5, 0.6) is 0 Å². The van der Waals surface area contributed by atoms with Gasteiger partial charge in [0.25, 0.3) is 5.91 Å². The molecule has 28 heavy (non-hydrogen) atoms. The third-order valence-electron chi connectivity index (χ3n) is 5.93. The number of nitrogens with one attached hydrogen (secondary N) is 1. The van der Waals surface area contributed by atoms with Gasteiger partial charge in [-0.2, -0.15) is 0 Å². The molecule has 2 aliphatic rings. The first-order valence-electron chi connectivity index (χ1n) is 9.47. The highest BCUT2D eigenvalue weighted by Gasteiger charge is 2.54. The Morgan fingerprint density at radius 2 is 2.11 bits per heavy atom. The van der Waals surface area contributed by atoms with Crippen LogP contribution in [0.15, 0.2) is 16.5 Å². The van der Waals surface area contributed by atoms with Crippen molar-refractivity contribution >= 4 is 46.6 Å². The van der Waals surface area contributed by atoms with E-state index in [4.69, 9.17) is 26.5 Å². The molecule has 0 radical (unpaired) electrons. The minimum atomic E-state index is -0.154. The van der Waals surface area contributed by atoms with Crippen LogP contribution in [-0.4, -0.2) is 50.7 Å². The number of nitrogens with zero attached hydrogens (tertiary/aromatic N) is 1. The summed E-state index contributed by atoms with van der Waals surface area (Å²) in [5.41, 5.74) is 7.42. The van der Waals surface area contributed by atoms with Gasteiger partial charge in [0, 0.05) is 45.3 Å². The molecule has 2 atom stereocenters. The second kappa shape index (κ2) is 8.49. The normalized spacial score (nSPS) is 23.5. The van der Waals surface area contributed by atoms with Gasteiger partial charge in [0.2, 0.25) is 0 Å². The Balaban J connectivity index is 0.00000225. The van der Waals surface area contributed by atoms with E-state index >= 15 is 0 Å². The fraction of sp³-hybridized carbons (Fsp3) is 0.550. The Morgan fingerprint density at radius 1 is 1.39 bits per heavy atom. The topological polar surface area (TPSA) is 80.7 Å². The number of amides is 1. The molecule has 2 unspecified atom stereocenters. The first kappa shape index (κ1) is 21.2. The lowest BCUT2D eigenvalue weighted by Gasteiger charge is -2.19. The molecular weight excluding hydrogens is 401 g/mol. The van der Waals surface area contributed by atoms with Crippen molar-refractivity contribution in [2.45, 2.75) is 13.3 Å². The molecule has 154 valence electrons. The molecule has 0 bridgehead atoms. The van der Waals surface area contributed by atoms with E-state index in [2.05, 4.69) is 10.2 Å². The number of ether oxygens (including phenoxy) is 1. The number of furan rings is 1. The van der Waals surface area contributed by atoms with Crippen molar-refractivity contribution in [1.29, 1.82) is 0 Å². The highest BCUT2D eigenvalue weighted by atomic mass is 35.5. The molecule has 1 saturated carbocycles. The molecule has 1 aliphatic heterocycles. The lowest BCUT2D eigenvalue weighted by molar-refractivity contribution is 0.0949. The number of anilines is 1. The third-order valence-corrected chi connectivity index (χ3v) is 6.24. The second-order valence-corrected chi connectivity index (χ2v) is 8.13. The largest absolute Gasteiger partial charge is 0.460 e. The Kier molecular flexibility index (Phi) is 6.44. The van der Waals surface area contributed by atoms with Crippen molar-refractivity contribution < 1.29 is 13.9 Å². The third kappa shape index (κ3) is 3.96. The Labute approximate surface area is 176 Å². The number of methoxy groups -OCH3 is 1. The van der Waals surface area contributed by atoms with Gasteiger partial charge in [0.1, 0.15) is 11.3 Å². The van der Waals surface area contributed by atoms with Gasteiger partial charge in [-0.25, -0.2) is 0 Å². The monoisotopic (exact) mass is 427 g/mol. The molecule has 4 rings (SSSR count). The second-order valence-electron chi connectivity index (χ2n) is 7.73. The molecule has 3 N–H and O–H groups in total. The van der Waals surface area contributed by atoms with Gasteiger partial charge in [-0.3, -0.25) is 4.79 Å². The summed E-state index contributed by atoms with van der Waals surface area (Å²) in [6, 6.07) is 3.42. The standard InChI is InChI=1S/C20H26ClN3O3.ClH/c1-11-6-12-18(22)17(21)7-13(19(12)27-11)20(25)23-8-14-15-9-24(10-16(14)15)4-3-5-26-2;/h6-7,14-16H,3-5,8-10,22H2,1-2H3,(H,23,25);1H. The predicted molar refractivity (Wildman–Crippen MR) is 113 cm³/mol. The van der Waals surface area contributed by atoms with E-state index < -0.39 is 0 Å². The summed E-state index contributed by atoms with van der Waals surface area (Å²) < 4.78 is 10.8. The number of benzene rings is 1. The number of carbonyl (C=O) groups excluding carboxylic acids is 1. The molecule has 2 fully saturated rings. The fourth-order valence-corrected chi connectivity index (χ4v) is 4.65. The number of halogens is 2. The molecule has 6 nitrogen and oxygen atoms in total. The number of likely N-dealkylation sites (tertiary alicyclic amines) is 1. The highest BCUT2D eigenvalue weighted by molar-refractivity contribution is 6.35. The smallest absolute Gasteiger partial charge is 0.255 e. The summed E-state index contributed by atoms with van der Waals surface area (Å²) in [5.74, 6) is 2.53. The summed E-state index contributed by atoms with van der Waals surface area (Å²) in [5, 5.41) is 4.14. The van der Waals surface area contributed by atoms with Crippen molar-refractivity contribution in [3.05, 3.63) is 28.5 Å². The van der Waals surface area contributed by atoms with E-state index in [-0.39, 0.29) is 18.3 Å². The van der Waals surface area contributed by atoms with Crippen LogP contribution in [-0.2, 0) is 4.74 Å². The number of rotatable bonds is 7. The van der Waals surface area contributed by atoms with E-state index in [9.17, 15) is 4.79 Å². The van der Waals surface area contributed by atoms with Crippen molar-refractivity contribution in [2.75, 3.05) is 45.6 Å². The predicted octanol–water partition coefficient (Wildman–Crippen LogP) is 3.34. The van der Waals surface area contributed by atoms with Crippen LogP contribution in [0.2, 0.25) is 5.02 Å². The summed E-state index contributed by atoms with van der Waals surface area (Å²) in [6.45, 7) is 6.70. The maximum Gasteiger partial charge on any atom is 0.255 e. The average molecular weight is 428 g/mol. The van der Waals surface area contributed by atoms with Gasteiger partial charge >= 0.3 is 0 Å². The number of nitrogen functional groups attached to an aromatic ring is 1. The molecule has 1 aromatic carbocycles. The van der Waals surface area contributed by atoms with Crippen molar-refractivity contribution in [3.63, 3.8) is 0 Å². The van der Waals surface area contributed by atoms with Crippen LogP contribution in [0.1, 0.15) is 22.5 Å². The van der Waals surface area contributed by atoms with Crippen LogP contribution in [0, 0.1) is 24.7 Å². The van der Waals surface area contributed by atoms with Crippen LogP contribution < -0.4 is 11.1 Å². The zero-order chi connectivity index (χ0) is 19.1. The minimum absolute atomic E-state index is 0. The molecule has 1 saturated heterocycles. The summed E-state index contributed by atoms with van der Waals surface area (Å²) in [4.78, 5) is 15.2. The van der Waals surface area contributed by atoms with Gasteiger partial charge in [0.15, 0.2) is 0 Å². The number of hydrogen-bond acceptors (Lipinski definition) is 5. The van der Waals surface area contributed by atoms with E-state index in [1.807, 2.05) is 13.0 Å². The first-order valence-corrected chi connectivity index (χ1v) is 9.85. The van der Waals surface area contributed by atoms with Crippen molar-refractivity contribution in [2.24, 2.45) is 17.8 Å². The molecule has 1 amide bonds. The lowest BCUT2D eigenvalue weighted by Crippen LogP contribution is -2.31. The van der Waals surface area contributed by atoms with Gasteiger partial charge in [-0.05, 0) is 43.2 Å². The Morgan fingerprint density at radius 3 is 2.79 bits per heavy atom. The molecule has 2 heterocycles. The molecule has 1 aliphatic carbocycles. The Bertz CT molecular complexity index is 858. The summed E-state index contributed by atoms with van der Waals surface area (Å²) in [6.07, 6.45) is 1.08. The summed E-state index contributed by atoms with van der Waals surface area (Å²) >= 11 is 6.21. The van der Waals surface area contributed by atoms with E-state index in [0.29, 0.717) is 57.3 Å². The van der Waals surface area contributed by atoms with Gasteiger partial charge in [-0.15, -0.1) is 12.4 Å². The lowest BCUT2D eigenvalue weighted by atomic mass is 10.1. The summed E-state index contributed by atoms with van der Waals surface area (Å²) in [7, 11) is 1.74. The average Bonchev–Trinajstić information content (AvgIpc) is 2.97. The zero-order valence-corrected chi connectivity index (χ0v) is 17.7. The van der Waals surface area contributed by atoms with Gasteiger partial charge < -0.3 is 25.1 Å². The highest BCUT2D eigenvalue weighted by Crippen LogP contribution is 2.51.